The summed E-state index contributed by atoms with van der Waals surface area (Å²) in [5.41, 5.74) is 1.80. The van der Waals surface area contributed by atoms with Crippen molar-refractivity contribution in [2.24, 2.45) is 0 Å². The summed E-state index contributed by atoms with van der Waals surface area (Å²) in [7, 11) is 0. The minimum atomic E-state index is -4.64. The third-order valence-corrected chi connectivity index (χ3v) is 6.53. The fourth-order valence-electron chi connectivity index (χ4n) is 4.34. The number of nitrogens with one attached hydrogen (secondary N) is 1. The lowest BCUT2D eigenvalue weighted by Gasteiger charge is -2.14. The van der Waals surface area contributed by atoms with Crippen LogP contribution in [0.25, 0.3) is 33.9 Å². The molecular formula is C33H25F3N2O5. The number of oxazole rings is 1. The standard InChI is InChI=1S/C33H25F3N2O5/c34-33(35,36)26-13-7-12-25(18-26)29-28(30(39)37-27(32(40)41)20-42-19-21-8-3-1-4-9-21)38-31(43-29)24-16-14-23(15-17-24)22-10-5-2-6-11-22/h1-18,27H,19-20H2,(H,37,39)(H,40,41)/t27-/m0/s1. The fourth-order valence-corrected chi connectivity index (χ4v) is 4.34. The lowest BCUT2D eigenvalue weighted by molar-refractivity contribution is -0.141. The molecule has 0 unspecified atom stereocenters. The molecule has 1 heterocycles. The number of aromatic nitrogens is 1. The van der Waals surface area contributed by atoms with Gasteiger partial charge in [-0.3, -0.25) is 4.79 Å². The van der Waals surface area contributed by atoms with E-state index in [0.717, 1.165) is 28.8 Å². The van der Waals surface area contributed by atoms with E-state index >= 15 is 0 Å². The van der Waals surface area contributed by atoms with Crippen LogP contribution in [0.1, 0.15) is 21.6 Å². The number of rotatable bonds is 10. The van der Waals surface area contributed by atoms with Gasteiger partial charge in [0.1, 0.15) is 0 Å². The number of aliphatic carboxylic acids is 1. The first-order chi connectivity index (χ1) is 20.7. The summed E-state index contributed by atoms with van der Waals surface area (Å²) in [6.07, 6.45) is -4.64. The van der Waals surface area contributed by atoms with E-state index in [1.54, 1.807) is 24.3 Å². The Morgan fingerprint density at radius 3 is 2.07 bits per heavy atom. The lowest BCUT2D eigenvalue weighted by atomic mass is 10.0. The Bertz CT molecular complexity index is 1700. The van der Waals surface area contributed by atoms with Crippen LogP contribution in [0, 0.1) is 0 Å². The number of carboxylic acid groups (broad SMARTS) is 1. The van der Waals surface area contributed by atoms with E-state index in [0.29, 0.717) is 5.56 Å². The summed E-state index contributed by atoms with van der Waals surface area (Å²) >= 11 is 0. The van der Waals surface area contributed by atoms with Crippen molar-refractivity contribution in [3.8, 4) is 33.9 Å². The molecule has 1 amide bonds. The Hall–Kier alpha value is -5.22. The van der Waals surface area contributed by atoms with Crippen molar-refractivity contribution in [2.75, 3.05) is 6.61 Å². The Balaban J connectivity index is 1.45. The second-order valence-electron chi connectivity index (χ2n) is 9.58. The second-order valence-corrected chi connectivity index (χ2v) is 9.58. The van der Waals surface area contributed by atoms with Gasteiger partial charge in [-0.25, -0.2) is 9.78 Å². The molecule has 43 heavy (non-hydrogen) atoms. The number of ether oxygens (including phenoxy) is 1. The Morgan fingerprint density at radius 1 is 0.814 bits per heavy atom. The molecule has 5 rings (SSSR count). The van der Waals surface area contributed by atoms with Gasteiger partial charge in [0.15, 0.2) is 17.5 Å². The van der Waals surface area contributed by atoms with Gasteiger partial charge in [0.2, 0.25) is 5.89 Å². The molecule has 0 aliphatic carbocycles. The van der Waals surface area contributed by atoms with Crippen LogP contribution in [0.5, 0.6) is 0 Å². The first kappa shape index (κ1) is 29.3. The number of hydrogen-bond acceptors (Lipinski definition) is 5. The van der Waals surface area contributed by atoms with E-state index in [2.05, 4.69) is 10.3 Å². The number of carbonyl (C=O) groups excluding carboxylic acids is 1. The average molecular weight is 587 g/mol. The van der Waals surface area contributed by atoms with Crippen LogP contribution in [0.3, 0.4) is 0 Å². The highest BCUT2D eigenvalue weighted by atomic mass is 19.4. The average Bonchev–Trinajstić information content (AvgIpc) is 3.47. The zero-order chi connectivity index (χ0) is 30.4. The number of carboxylic acids is 1. The number of alkyl halides is 3. The molecule has 0 saturated heterocycles. The van der Waals surface area contributed by atoms with Gasteiger partial charge in [-0.15, -0.1) is 0 Å². The van der Waals surface area contributed by atoms with E-state index < -0.39 is 29.7 Å². The van der Waals surface area contributed by atoms with Gasteiger partial charge in [0.05, 0.1) is 18.8 Å². The maximum atomic E-state index is 13.5. The van der Waals surface area contributed by atoms with E-state index in [1.807, 2.05) is 60.7 Å². The molecule has 0 spiro atoms. The third-order valence-electron chi connectivity index (χ3n) is 6.53. The molecule has 10 heteroatoms. The minimum absolute atomic E-state index is 0.0237. The van der Waals surface area contributed by atoms with Crippen molar-refractivity contribution in [3.63, 3.8) is 0 Å². The molecule has 0 fully saturated rings. The normalized spacial score (nSPS) is 12.1. The largest absolute Gasteiger partial charge is 0.480 e. The van der Waals surface area contributed by atoms with Crippen LogP contribution in [0.15, 0.2) is 114 Å². The molecule has 1 aromatic heterocycles. The lowest BCUT2D eigenvalue weighted by Crippen LogP contribution is -2.44. The smallest absolute Gasteiger partial charge is 0.416 e. The number of carbonyl (C=O) groups is 2. The van der Waals surface area contributed by atoms with Gasteiger partial charge >= 0.3 is 12.1 Å². The van der Waals surface area contributed by atoms with Crippen molar-refractivity contribution < 1.29 is 37.0 Å². The molecule has 0 saturated carbocycles. The van der Waals surface area contributed by atoms with Crippen molar-refractivity contribution in [1.82, 2.24) is 10.3 Å². The van der Waals surface area contributed by atoms with Crippen molar-refractivity contribution in [2.45, 2.75) is 18.8 Å². The first-order valence-corrected chi connectivity index (χ1v) is 13.2. The maximum absolute atomic E-state index is 13.5. The molecule has 7 nitrogen and oxygen atoms in total. The van der Waals surface area contributed by atoms with Crippen LogP contribution in [-0.4, -0.2) is 34.6 Å². The van der Waals surface area contributed by atoms with Gasteiger partial charge in [-0.1, -0.05) is 84.9 Å². The van der Waals surface area contributed by atoms with Gasteiger partial charge in [0.25, 0.3) is 5.91 Å². The number of nitrogens with zero attached hydrogens (tertiary/aromatic N) is 1. The number of halogens is 3. The van der Waals surface area contributed by atoms with Crippen LogP contribution in [0.2, 0.25) is 0 Å². The summed E-state index contributed by atoms with van der Waals surface area (Å²) in [5, 5.41) is 12.1. The van der Waals surface area contributed by atoms with Crippen LogP contribution >= 0.6 is 0 Å². The number of amides is 1. The molecule has 5 aromatic rings. The molecule has 1 atom stereocenters. The van der Waals surface area contributed by atoms with E-state index in [1.165, 1.54) is 12.1 Å². The summed E-state index contributed by atoms with van der Waals surface area (Å²) in [6, 6.07) is 28.5. The summed E-state index contributed by atoms with van der Waals surface area (Å²) in [5.74, 6) is -2.56. The molecule has 218 valence electrons. The quantitative estimate of drug-likeness (QED) is 0.181. The zero-order valence-electron chi connectivity index (χ0n) is 22.5. The Morgan fingerprint density at radius 2 is 1.42 bits per heavy atom. The summed E-state index contributed by atoms with van der Waals surface area (Å²) < 4.78 is 51.9. The van der Waals surface area contributed by atoms with Crippen LogP contribution in [0.4, 0.5) is 13.2 Å². The Kier molecular flexibility index (Phi) is 8.68. The Labute approximate surface area is 244 Å². The van der Waals surface area contributed by atoms with Gasteiger partial charge < -0.3 is 19.6 Å². The van der Waals surface area contributed by atoms with Crippen LogP contribution in [-0.2, 0) is 22.3 Å². The fraction of sp³-hybridized carbons (Fsp3) is 0.121. The molecule has 0 bridgehead atoms. The molecule has 0 radical (unpaired) electrons. The van der Waals surface area contributed by atoms with E-state index in [4.69, 9.17) is 9.15 Å². The van der Waals surface area contributed by atoms with Crippen molar-refractivity contribution in [1.29, 1.82) is 0 Å². The second kappa shape index (κ2) is 12.7. The molecule has 0 aliphatic rings. The summed E-state index contributed by atoms with van der Waals surface area (Å²) in [6.45, 7) is -0.246. The molecule has 0 aliphatic heterocycles. The predicted molar refractivity (Wildman–Crippen MR) is 153 cm³/mol. The first-order valence-electron chi connectivity index (χ1n) is 13.2. The third kappa shape index (κ3) is 7.17. The van der Waals surface area contributed by atoms with Gasteiger partial charge in [-0.05, 0) is 41.0 Å². The molecular weight excluding hydrogens is 561 g/mol. The topological polar surface area (TPSA) is 102 Å². The molecule has 2 N–H and O–H groups in total. The van der Waals surface area contributed by atoms with Gasteiger partial charge in [0, 0.05) is 11.1 Å². The summed E-state index contributed by atoms with van der Waals surface area (Å²) in [4.78, 5) is 29.6. The number of hydrogen-bond donors (Lipinski definition) is 2. The monoisotopic (exact) mass is 586 g/mol. The highest BCUT2D eigenvalue weighted by Crippen LogP contribution is 2.35. The molecule has 4 aromatic carbocycles. The highest BCUT2D eigenvalue weighted by Gasteiger charge is 2.32. The van der Waals surface area contributed by atoms with Crippen molar-refractivity contribution in [3.05, 3.63) is 126 Å². The number of benzene rings is 4. The van der Waals surface area contributed by atoms with E-state index in [9.17, 15) is 27.9 Å². The minimum Gasteiger partial charge on any atom is -0.480 e. The van der Waals surface area contributed by atoms with Gasteiger partial charge in [-0.2, -0.15) is 13.2 Å². The predicted octanol–water partition coefficient (Wildman–Crippen LogP) is 7.09. The van der Waals surface area contributed by atoms with E-state index in [-0.39, 0.29) is 36.1 Å². The maximum Gasteiger partial charge on any atom is 0.416 e. The van der Waals surface area contributed by atoms with Crippen LogP contribution < -0.4 is 5.32 Å². The van der Waals surface area contributed by atoms with Crippen molar-refractivity contribution >= 4 is 11.9 Å². The SMILES string of the molecule is O=C(N[C@@H](COCc1ccccc1)C(=O)O)c1nc(-c2ccc(-c3ccccc3)cc2)oc1-c1cccc(C(F)(F)F)c1. The highest BCUT2D eigenvalue weighted by molar-refractivity contribution is 6.00. The zero-order valence-corrected chi connectivity index (χ0v) is 22.5.